The van der Waals surface area contributed by atoms with Crippen molar-refractivity contribution in [1.29, 1.82) is 0 Å². The van der Waals surface area contributed by atoms with E-state index in [4.69, 9.17) is 21.1 Å². The van der Waals surface area contributed by atoms with E-state index in [1.165, 1.54) is 23.5 Å². The zero-order chi connectivity index (χ0) is 17.0. The summed E-state index contributed by atoms with van der Waals surface area (Å²) in [7, 11) is 0.993. The maximum atomic E-state index is 12.6. The van der Waals surface area contributed by atoms with Gasteiger partial charge < -0.3 is 9.47 Å². The molecule has 2 aromatic carbocycles. The van der Waals surface area contributed by atoms with E-state index in [-0.39, 0.29) is 11.4 Å². The third-order valence-electron chi connectivity index (χ3n) is 3.40. The zero-order valence-electron chi connectivity index (χ0n) is 13.1. The molecule has 0 heterocycles. The highest BCUT2D eigenvalue weighted by molar-refractivity contribution is 7.89. The first-order chi connectivity index (χ1) is 10.9. The Morgan fingerprint density at radius 1 is 1.04 bits per heavy atom. The van der Waals surface area contributed by atoms with Gasteiger partial charge >= 0.3 is 0 Å². The Balaban J connectivity index is 2.30. The third kappa shape index (κ3) is 3.96. The summed E-state index contributed by atoms with van der Waals surface area (Å²) in [4.78, 5) is 0.186. The first-order valence-corrected chi connectivity index (χ1v) is 8.63. The molecule has 0 amide bonds. The van der Waals surface area contributed by atoms with Crippen molar-refractivity contribution >= 4 is 21.6 Å². The molecule has 0 aliphatic heterocycles. The van der Waals surface area contributed by atoms with E-state index >= 15 is 0 Å². The third-order valence-corrected chi connectivity index (χ3v) is 5.47. The predicted octanol–water partition coefficient (Wildman–Crippen LogP) is 3.18. The van der Waals surface area contributed by atoms with Crippen LogP contribution >= 0.6 is 11.6 Å². The highest BCUT2D eigenvalue weighted by Crippen LogP contribution is 2.27. The van der Waals surface area contributed by atoms with Gasteiger partial charge in [0.25, 0.3) is 0 Å². The molecule has 124 valence electrons. The van der Waals surface area contributed by atoms with Crippen molar-refractivity contribution in [3.8, 4) is 11.5 Å². The van der Waals surface area contributed by atoms with E-state index < -0.39 is 10.0 Å². The van der Waals surface area contributed by atoms with Gasteiger partial charge in [-0.1, -0.05) is 11.6 Å². The maximum absolute atomic E-state index is 12.6. The molecule has 0 fully saturated rings. The lowest BCUT2D eigenvalue weighted by Gasteiger charge is -2.19. The number of ether oxygens (including phenoxy) is 2. The molecular weight excluding hydrogens is 338 g/mol. The van der Waals surface area contributed by atoms with Crippen LogP contribution in [0.25, 0.3) is 0 Å². The Kier molecular flexibility index (Phi) is 5.51. The van der Waals surface area contributed by atoms with Crippen molar-refractivity contribution in [2.75, 3.05) is 21.3 Å². The Morgan fingerprint density at radius 3 is 2.26 bits per heavy atom. The van der Waals surface area contributed by atoms with E-state index in [9.17, 15) is 8.42 Å². The molecular formula is C16H18ClNO4S. The van der Waals surface area contributed by atoms with Crippen molar-refractivity contribution in [2.45, 2.75) is 11.4 Å². The molecule has 0 unspecified atom stereocenters. The Morgan fingerprint density at radius 2 is 1.70 bits per heavy atom. The molecule has 0 aromatic heterocycles. The molecule has 0 N–H and O–H groups in total. The summed E-state index contributed by atoms with van der Waals surface area (Å²) in [5.74, 6) is 1.24. The van der Waals surface area contributed by atoms with Crippen LogP contribution in [0.3, 0.4) is 0 Å². The van der Waals surface area contributed by atoms with Crippen molar-refractivity contribution in [2.24, 2.45) is 0 Å². The Labute approximate surface area is 141 Å². The first kappa shape index (κ1) is 17.6. The van der Waals surface area contributed by atoms with Gasteiger partial charge in [0.2, 0.25) is 10.0 Å². The Hall–Kier alpha value is -1.76. The molecule has 7 heteroatoms. The molecule has 5 nitrogen and oxygen atoms in total. The second kappa shape index (κ2) is 7.21. The highest BCUT2D eigenvalue weighted by atomic mass is 35.5. The van der Waals surface area contributed by atoms with Crippen molar-refractivity contribution < 1.29 is 17.9 Å². The molecule has 0 bridgehead atoms. The van der Waals surface area contributed by atoms with Crippen LogP contribution in [0.5, 0.6) is 11.5 Å². The number of benzene rings is 2. The van der Waals surface area contributed by atoms with Gasteiger partial charge in [0.05, 0.1) is 19.1 Å². The van der Waals surface area contributed by atoms with Gasteiger partial charge in [0, 0.05) is 24.2 Å². The summed E-state index contributed by atoms with van der Waals surface area (Å²) in [6, 6.07) is 11.3. The van der Waals surface area contributed by atoms with Gasteiger partial charge in [-0.3, -0.25) is 0 Å². The number of hydrogen-bond donors (Lipinski definition) is 0. The lowest BCUT2D eigenvalue weighted by Crippen LogP contribution is -2.26. The maximum Gasteiger partial charge on any atom is 0.243 e. The van der Waals surface area contributed by atoms with Crippen LogP contribution in [-0.2, 0) is 16.6 Å². The second-order valence-electron chi connectivity index (χ2n) is 4.89. The molecule has 0 saturated carbocycles. The summed E-state index contributed by atoms with van der Waals surface area (Å²) in [5, 5.41) is 0.487. The largest absolute Gasteiger partial charge is 0.497 e. The van der Waals surface area contributed by atoms with Crippen LogP contribution in [0, 0.1) is 0 Å². The fraction of sp³-hybridized carbons (Fsp3) is 0.250. The van der Waals surface area contributed by atoms with Crippen LogP contribution in [0.4, 0.5) is 0 Å². The van der Waals surface area contributed by atoms with Gasteiger partial charge in [0.15, 0.2) is 0 Å². The van der Waals surface area contributed by atoms with Gasteiger partial charge in [-0.05, 0) is 42.5 Å². The van der Waals surface area contributed by atoms with Crippen molar-refractivity contribution in [1.82, 2.24) is 4.31 Å². The second-order valence-corrected chi connectivity index (χ2v) is 7.37. The highest BCUT2D eigenvalue weighted by Gasteiger charge is 2.22. The molecule has 23 heavy (non-hydrogen) atoms. The number of sulfonamides is 1. The van der Waals surface area contributed by atoms with Crippen LogP contribution in [-0.4, -0.2) is 34.0 Å². The van der Waals surface area contributed by atoms with Crippen LogP contribution in [0.2, 0.25) is 5.02 Å². The number of methoxy groups -OCH3 is 2. The molecule has 0 radical (unpaired) electrons. The number of halogens is 1. The Bertz CT molecular complexity index is 775. The minimum Gasteiger partial charge on any atom is -0.497 e. The van der Waals surface area contributed by atoms with Crippen LogP contribution in [0.1, 0.15) is 5.56 Å². The standard InChI is InChI=1S/C16H18ClNO4S/c1-18(23(19,20)15-7-4-13(17)5-8-15)11-12-10-14(21-2)6-9-16(12)22-3/h4-10H,11H2,1-3H3. The lowest BCUT2D eigenvalue weighted by atomic mass is 10.2. The normalized spacial score (nSPS) is 11.5. The summed E-state index contributed by atoms with van der Waals surface area (Å²) in [6.45, 7) is 0.158. The van der Waals surface area contributed by atoms with E-state index in [0.717, 1.165) is 0 Å². The lowest BCUT2D eigenvalue weighted by molar-refractivity contribution is 0.389. The monoisotopic (exact) mass is 355 g/mol. The van der Waals surface area contributed by atoms with E-state index in [0.29, 0.717) is 22.1 Å². The average Bonchev–Trinajstić information content (AvgIpc) is 2.55. The number of nitrogens with zero attached hydrogens (tertiary/aromatic N) is 1. The van der Waals surface area contributed by atoms with Gasteiger partial charge in [-0.25, -0.2) is 8.42 Å². The smallest absolute Gasteiger partial charge is 0.243 e. The van der Waals surface area contributed by atoms with Crippen LogP contribution < -0.4 is 9.47 Å². The minimum atomic E-state index is -3.62. The van der Waals surface area contributed by atoms with E-state index in [1.54, 1.807) is 44.6 Å². The summed E-state index contributed by atoms with van der Waals surface area (Å²) >= 11 is 5.81. The van der Waals surface area contributed by atoms with Crippen LogP contribution in [0.15, 0.2) is 47.4 Å². The van der Waals surface area contributed by atoms with E-state index in [1.807, 2.05) is 0 Å². The van der Waals surface area contributed by atoms with Crippen molar-refractivity contribution in [3.05, 3.63) is 53.1 Å². The molecule has 0 spiro atoms. The molecule has 0 saturated heterocycles. The van der Waals surface area contributed by atoms with Gasteiger partial charge in [0.1, 0.15) is 11.5 Å². The number of rotatable bonds is 6. The SMILES string of the molecule is COc1ccc(OC)c(CN(C)S(=O)(=O)c2ccc(Cl)cc2)c1. The molecule has 0 atom stereocenters. The van der Waals surface area contributed by atoms with Gasteiger partial charge in [-0.15, -0.1) is 0 Å². The average molecular weight is 356 g/mol. The summed E-state index contributed by atoms with van der Waals surface area (Å²) in [6.07, 6.45) is 0. The predicted molar refractivity (Wildman–Crippen MR) is 89.7 cm³/mol. The zero-order valence-corrected chi connectivity index (χ0v) is 14.7. The minimum absolute atomic E-state index is 0.158. The first-order valence-electron chi connectivity index (χ1n) is 6.81. The summed E-state index contributed by atoms with van der Waals surface area (Å²) in [5.41, 5.74) is 0.715. The fourth-order valence-electron chi connectivity index (χ4n) is 2.12. The molecule has 2 aromatic rings. The quantitative estimate of drug-likeness (QED) is 0.798. The molecule has 0 aliphatic rings. The molecule has 2 rings (SSSR count). The summed E-state index contributed by atoms with van der Waals surface area (Å²) < 4.78 is 36.9. The topological polar surface area (TPSA) is 55.8 Å². The number of hydrogen-bond acceptors (Lipinski definition) is 4. The van der Waals surface area contributed by atoms with Gasteiger partial charge in [-0.2, -0.15) is 4.31 Å². The fourth-order valence-corrected chi connectivity index (χ4v) is 3.39. The molecule has 0 aliphatic carbocycles. The van der Waals surface area contributed by atoms with Crippen molar-refractivity contribution in [3.63, 3.8) is 0 Å². The van der Waals surface area contributed by atoms with E-state index in [2.05, 4.69) is 0 Å².